The van der Waals surface area contributed by atoms with Crippen LogP contribution >= 0.6 is 0 Å². The van der Waals surface area contributed by atoms with Crippen molar-refractivity contribution in [2.75, 3.05) is 40.3 Å². The molecular weight excluding hydrogens is 202 g/mol. The number of rotatable bonds is 4. The number of nitrogens with zero attached hydrogens (tertiary/aromatic N) is 2. The van der Waals surface area contributed by atoms with Gasteiger partial charge in [-0.3, -0.25) is 9.69 Å². The lowest BCUT2D eigenvalue weighted by Crippen LogP contribution is -2.49. The number of carbonyl (C=O) groups excluding carboxylic acids is 1. The molecule has 1 aliphatic rings. The zero-order valence-electron chi connectivity index (χ0n) is 10.6. The highest BCUT2D eigenvalue weighted by Gasteiger charge is 2.32. The van der Waals surface area contributed by atoms with Gasteiger partial charge in [-0.15, -0.1) is 6.58 Å². The third-order valence-corrected chi connectivity index (χ3v) is 2.99. The van der Waals surface area contributed by atoms with E-state index >= 15 is 0 Å². The second kappa shape index (κ2) is 6.01. The van der Waals surface area contributed by atoms with Crippen LogP contribution in [0.25, 0.3) is 0 Å². The van der Waals surface area contributed by atoms with Crippen molar-refractivity contribution in [3.8, 4) is 0 Å². The van der Waals surface area contributed by atoms with Crippen molar-refractivity contribution >= 4 is 5.91 Å². The highest BCUT2D eigenvalue weighted by molar-refractivity contribution is 5.82. The third-order valence-electron chi connectivity index (χ3n) is 2.99. The van der Waals surface area contributed by atoms with Crippen LogP contribution in [0.3, 0.4) is 0 Å². The van der Waals surface area contributed by atoms with E-state index in [4.69, 9.17) is 0 Å². The highest BCUT2D eigenvalue weighted by atomic mass is 16.2. The maximum absolute atomic E-state index is 12.2. The van der Waals surface area contributed by atoms with Crippen LogP contribution in [0, 0.1) is 5.92 Å². The number of nitrogens with one attached hydrogen (secondary N) is 1. The molecule has 1 N–H and O–H groups in total. The predicted molar refractivity (Wildman–Crippen MR) is 66.3 cm³/mol. The van der Waals surface area contributed by atoms with Crippen LogP contribution in [0.1, 0.15) is 6.92 Å². The van der Waals surface area contributed by atoms with Gasteiger partial charge in [0.05, 0.1) is 0 Å². The molecule has 1 heterocycles. The van der Waals surface area contributed by atoms with Gasteiger partial charge in [-0.1, -0.05) is 13.0 Å². The molecular formula is C12H23N3O. The molecule has 1 rings (SSSR count). The molecule has 16 heavy (non-hydrogen) atoms. The van der Waals surface area contributed by atoms with E-state index in [0.717, 1.165) is 19.6 Å². The number of likely N-dealkylation sites (N-methyl/N-ethyl adjacent to an activating group) is 2. The first-order valence-corrected chi connectivity index (χ1v) is 5.84. The summed E-state index contributed by atoms with van der Waals surface area (Å²) >= 11 is 0. The molecule has 0 radical (unpaired) electrons. The fourth-order valence-corrected chi connectivity index (χ4v) is 2.33. The minimum atomic E-state index is -0.0575. The average Bonchev–Trinajstić information content (AvgIpc) is 2.32. The van der Waals surface area contributed by atoms with E-state index in [2.05, 4.69) is 23.7 Å². The summed E-state index contributed by atoms with van der Waals surface area (Å²) in [5, 5.41) is 3.10. The molecule has 0 aromatic heterocycles. The van der Waals surface area contributed by atoms with Crippen molar-refractivity contribution in [3.05, 3.63) is 12.7 Å². The number of amides is 1. The Hall–Kier alpha value is -0.870. The summed E-state index contributed by atoms with van der Waals surface area (Å²) in [4.78, 5) is 16.2. The van der Waals surface area contributed by atoms with E-state index in [0.29, 0.717) is 12.5 Å². The first kappa shape index (κ1) is 13.2. The minimum Gasteiger partial charge on any atom is -0.344 e. The van der Waals surface area contributed by atoms with Crippen molar-refractivity contribution in [1.82, 2.24) is 15.1 Å². The summed E-state index contributed by atoms with van der Waals surface area (Å²) in [5.41, 5.74) is 0. The molecule has 1 saturated heterocycles. The van der Waals surface area contributed by atoms with Gasteiger partial charge >= 0.3 is 0 Å². The van der Waals surface area contributed by atoms with Gasteiger partial charge in [-0.2, -0.15) is 0 Å². The van der Waals surface area contributed by atoms with Gasteiger partial charge in [-0.25, -0.2) is 0 Å². The van der Waals surface area contributed by atoms with Crippen LogP contribution in [0.5, 0.6) is 0 Å². The third kappa shape index (κ3) is 3.06. The van der Waals surface area contributed by atoms with Gasteiger partial charge < -0.3 is 10.2 Å². The molecule has 0 spiro atoms. The normalized spacial score (nSPS) is 27.9. The first-order chi connectivity index (χ1) is 7.60. The summed E-state index contributed by atoms with van der Waals surface area (Å²) in [6, 6.07) is -0.0575. The molecule has 4 nitrogen and oxygen atoms in total. The highest BCUT2D eigenvalue weighted by Crippen LogP contribution is 2.13. The Morgan fingerprint density at radius 3 is 2.81 bits per heavy atom. The zero-order valence-corrected chi connectivity index (χ0v) is 10.6. The van der Waals surface area contributed by atoms with Gasteiger partial charge in [0, 0.05) is 33.2 Å². The van der Waals surface area contributed by atoms with Crippen LogP contribution in [0.2, 0.25) is 0 Å². The molecule has 2 atom stereocenters. The van der Waals surface area contributed by atoms with E-state index in [1.807, 2.05) is 25.1 Å². The summed E-state index contributed by atoms with van der Waals surface area (Å²) in [7, 11) is 3.77. The predicted octanol–water partition coefficient (Wildman–Crippen LogP) is 0.171. The second-order valence-electron chi connectivity index (χ2n) is 4.64. The molecule has 0 aromatic carbocycles. The topological polar surface area (TPSA) is 35.6 Å². The second-order valence-corrected chi connectivity index (χ2v) is 4.64. The Bertz CT molecular complexity index is 255. The number of carbonyl (C=O) groups is 1. The van der Waals surface area contributed by atoms with Crippen molar-refractivity contribution < 1.29 is 4.79 Å². The summed E-state index contributed by atoms with van der Waals surface area (Å²) in [6.07, 6.45) is 1.87. The summed E-state index contributed by atoms with van der Waals surface area (Å²) < 4.78 is 0. The Labute approximate surface area is 98.3 Å². The molecule has 1 aliphatic heterocycles. The molecule has 4 heteroatoms. The quantitative estimate of drug-likeness (QED) is 0.693. The molecule has 0 saturated carbocycles. The van der Waals surface area contributed by atoms with Crippen molar-refractivity contribution in [2.45, 2.75) is 13.0 Å². The molecule has 0 bridgehead atoms. The smallest absolute Gasteiger partial charge is 0.241 e. The molecule has 1 amide bonds. The molecule has 1 fully saturated rings. The van der Waals surface area contributed by atoms with Crippen molar-refractivity contribution in [3.63, 3.8) is 0 Å². The van der Waals surface area contributed by atoms with E-state index < -0.39 is 0 Å². The molecule has 2 unspecified atom stereocenters. The lowest BCUT2D eigenvalue weighted by molar-refractivity contribution is -0.133. The van der Waals surface area contributed by atoms with Crippen molar-refractivity contribution in [1.29, 1.82) is 0 Å². The van der Waals surface area contributed by atoms with E-state index in [-0.39, 0.29) is 11.9 Å². The van der Waals surface area contributed by atoms with E-state index in [1.54, 1.807) is 0 Å². The Kier molecular flexibility index (Phi) is 4.96. The number of hydrogen-bond donors (Lipinski definition) is 1. The van der Waals surface area contributed by atoms with Crippen LogP contribution in [-0.2, 0) is 4.79 Å². The summed E-state index contributed by atoms with van der Waals surface area (Å²) in [6.45, 7) is 9.21. The van der Waals surface area contributed by atoms with Crippen LogP contribution in [-0.4, -0.2) is 62.0 Å². The molecule has 0 aliphatic carbocycles. The average molecular weight is 225 g/mol. The molecule has 92 valence electrons. The molecule has 0 aromatic rings. The van der Waals surface area contributed by atoms with Crippen molar-refractivity contribution in [2.24, 2.45) is 5.92 Å². The van der Waals surface area contributed by atoms with Gasteiger partial charge in [0.1, 0.15) is 6.04 Å². The minimum absolute atomic E-state index is 0.0575. The van der Waals surface area contributed by atoms with Gasteiger partial charge in [0.15, 0.2) is 0 Å². The maximum atomic E-state index is 12.2. The van der Waals surface area contributed by atoms with Crippen LogP contribution < -0.4 is 5.32 Å². The SMILES string of the molecule is C=CCN1CC(C)CN(C)C(=O)C1CNC. The fourth-order valence-electron chi connectivity index (χ4n) is 2.33. The van der Waals surface area contributed by atoms with E-state index in [1.165, 1.54) is 0 Å². The largest absolute Gasteiger partial charge is 0.344 e. The maximum Gasteiger partial charge on any atom is 0.241 e. The monoisotopic (exact) mass is 225 g/mol. The van der Waals surface area contributed by atoms with Gasteiger partial charge in [0.25, 0.3) is 0 Å². The Morgan fingerprint density at radius 1 is 1.56 bits per heavy atom. The van der Waals surface area contributed by atoms with Crippen LogP contribution in [0.15, 0.2) is 12.7 Å². The summed E-state index contributed by atoms with van der Waals surface area (Å²) in [5.74, 6) is 0.719. The van der Waals surface area contributed by atoms with Crippen LogP contribution in [0.4, 0.5) is 0 Å². The first-order valence-electron chi connectivity index (χ1n) is 5.84. The standard InChI is InChI=1S/C12H23N3O/c1-5-6-15-9-10(2)8-14(4)12(16)11(15)7-13-3/h5,10-11,13H,1,6-9H2,2-4H3. The lowest BCUT2D eigenvalue weighted by atomic mass is 10.1. The van der Waals surface area contributed by atoms with Gasteiger partial charge in [0.2, 0.25) is 5.91 Å². The lowest BCUT2D eigenvalue weighted by Gasteiger charge is -2.28. The fraction of sp³-hybridized carbons (Fsp3) is 0.750. The Balaban J connectivity index is 2.83. The van der Waals surface area contributed by atoms with Gasteiger partial charge in [-0.05, 0) is 13.0 Å². The Morgan fingerprint density at radius 2 is 2.25 bits per heavy atom. The number of hydrogen-bond acceptors (Lipinski definition) is 3. The van der Waals surface area contributed by atoms with E-state index in [9.17, 15) is 4.79 Å². The zero-order chi connectivity index (χ0) is 12.1.